The van der Waals surface area contributed by atoms with Crippen molar-refractivity contribution in [1.82, 2.24) is 14.9 Å². The Morgan fingerprint density at radius 2 is 1.68 bits per heavy atom. The molecule has 142 valence electrons. The van der Waals surface area contributed by atoms with Crippen LogP contribution in [0.4, 0.5) is 16.2 Å². The van der Waals surface area contributed by atoms with Crippen LogP contribution >= 0.6 is 0 Å². The summed E-state index contributed by atoms with van der Waals surface area (Å²) in [5.41, 5.74) is 1.69. The number of anilines is 2. The lowest BCUT2D eigenvalue weighted by Gasteiger charge is -2.36. The molecule has 4 rings (SSSR count). The minimum absolute atomic E-state index is 0.0478. The van der Waals surface area contributed by atoms with E-state index in [0.717, 1.165) is 24.2 Å². The summed E-state index contributed by atoms with van der Waals surface area (Å²) in [5, 5.41) is 0. The summed E-state index contributed by atoms with van der Waals surface area (Å²) in [6.45, 7) is 1.23. The molecule has 1 atom stereocenters. The molecule has 6 heteroatoms. The van der Waals surface area contributed by atoms with Crippen molar-refractivity contribution in [1.29, 1.82) is 0 Å². The topological polar surface area (TPSA) is 58.6 Å². The zero-order valence-corrected chi connectivity index (χ0v) is 15.5. The molecule has 1 unspecified atom stereocenters. The van der Waals surface area contributed by atoms with Crippen molar-refractivity contribution in [2.24, 2.45) is 0 Å². The van der Waals surface area contributed by atoms with Gasteiger partial charge in [-0.3, -0.25) is 4.90 Å². The number of hydrogen-bond acceptors (Lipinski definition) is 4. The van der Waals surface area contributed by atoms with Gasteiger partial charge in [0.2, 0.25) is 5.88 Å². The second-order valence-corrected chi connectivity index (χ2v) is 6.66. The highest BCUT2D eigenvalue weighted by atomic mass is 16.5. The van der Waals surface area contributed by atoms with E-state index < -0.39 is 0 Å². The number of likely N-dealkylation sites (tertiary alicyclic amines) is 1. The number of aromatic nitrogens is 2. The summed E-state index contributed by atoms with van der Waals surface area (Å²) < 4.78 is 5.96. The molecule has 0 saturated carbocycles. The van der Waals surface area contributed by atoms with Gasteiger partial charge in [0.1, 0.15) is 12.4 Å². The van der Waals surface area contributed by atoms with E-state index in [-0.39, 0.29) is 12.1 Å². The van der Waals surface area contributed by atoms with E-state index in [1.807, 2.05) is 65.6 Å². The molecule has 2 amide bonds. The van der Waals surface area contributed by atoms with Crippen LogP contribution < -0.4 is 9.64 Å². The van der Waals surface area contributed by atoms with Crippen molar-refractivity contribution in [3.63, 3.8) is 0 Å². The fourth-order valence-corrected chi connectivity index (χ4v) is 3.39. The molecule has 1 aliphatic rings. The Labute approximate surface area is 164 Å². The van der Waals surface area contributed by atoms with Crippen LogP contribution in [0.2, 0.25) is 0 Å². The number of piperidine rings is 1. The average molecular weight is 374 g/mol. The molecular weight excluding hydrogens is 352 g/mol. The van der Waals surface area contributed by atoms with Crippen molar-refractivity contribution in [2.45, 2.75) is 18.9 Å². The third-order valence-corrected chi connectivity index (χ3v) is 4.71. The molecule has 28 heavy (non-hydrogen) atoms. The standard InChI is InChI=1S/C22H22N4O2/c27-22(25-15-7-12-20(16-25)28-21-13-14-23-17-24-21)26(18-8-3-1-4-9-18)19-10-5-2-6-11-19/h1-6,8-11,13-14,17,20H,7,12,15-16H2. The fourth-order valence-electron chi connectivity index (χ4n) is 3.39. The lowest BCUT2D eigenvalue weighted by atomic mass is 10.1. The van der Waals surface area contributed by atoms with E-state index in [1.165, 1.54) is 6.33 Å². The third kappa shape index (κ3) is 4.11. The largest absolute Gasteiger partial charge is 0.472 e. The van der Waals surface area contributed by atoms with E-state index >= 15 is 0 Å². The first-order valence-electron chi connectivity index (χ1n) is 9.43. The van der Waals surface area contributed by atoms with Crippen LogP contribution in [-0.2, 0) is 0 Å². The molecule has 3 aromatic rings. The predicted octanol–water partition coefficient (Wildman–Crippen LogP) is 4.28. The maximum atomic E-state index is 13.5. The van der Waals surface area contributed by atoms with Crippen LogP contribution in [0.3, 0.4) is 0 Å². The van der Waals surface area contributed by atoms with Crippen molar-refractivity contribution < 1.29 is 9.53 Å². The monoisotopic (exact) mass is 374 g/mol. The second-order valence-electron chi connectivity index (χ2n) is 6.66. The number of ether oxygens (including phenoxy) is 1. The third-order valence-electron chi connectivity index (χ3n) is 4.71. The molecule has 1 saturated heterocycles. The summed E-state index contributed by atoms with van der Waals surface area (Å²) >= 11 is 0. The highest BCUT2D eigenvalue weighted by Gasteiger charge is 2.29. The van der Waals surface area contributed by atoms with Crippen LogP contribution in [0.1, 0.15) is 12.8 Å². The van der Waals surface area contributed by atoms with Gasteiger partial charge in [-0.15, -0.1) is 0 Å². The van der Waals surface area contributed by atoms with E-state index in [4.69, 9.17) is 4.74 Å². The highest BCUT2D eigenvalue weighted by Crippen LogP contribution is 2.28. The van der Waals surface area contributed by atoms with Gasteiger partial charge in [-0.25, -0.2) is 14.8 Å². The molecule has 0 aliphatic carbocycles. The Hall–Kier alpha value is -3.41. The normalized spacial score (nSPS) is 16.4. The summed E-state index contributed by atoms with van der Waals surface area (Å²) in [4.78, 5) is 25.1. The molecule has 1 aliphatic heterocycles. The number of carbonyl (C=O) groups excluding carboxylic acids is 1. The Morgan fingerprint density at radius 1 is 1.00 bits per heavy atom. The summed E-state index contributed by atoms with van der Waals surface area (Å²) in [6, 6.07) is 21.1. The lowest BCUT2D eigenvalue weighted by Crippen LogP contribution is -2.49. The molecule has 0 spiro atoms. The molecule has 2 aromatic carbocycles. The van der Waals surface area contributed by atoms with Gasteiger partial charge >= 0.3 is 6.03 Å². The first-order chi connectivity index (χ1) is 13.8. The molecule has 1 aromatic heterocycles. The summed E-state index contributed by atoms with van der Waals surface area (Å²) in [7, 11) is 0. The summed E-state index contributed by atoms with van der Waals surface area (Å²) in [5.74, 6) is 0.539. The molecule has 2 heterocycles. The van der Waals surface area contributed by atoms with Gasteiger partial charge in [0, 0.05) is 18.8 Å². The number of hydrogen-bond donors (Lipinski definition) is 0. The quantitative estimate of drug-likeness (QED) is 0.684. The number of benzene rings is 2. The maximum absolute atomic E-state index is 13.5. The van der Waals surface area contributed by atoms with Crippen LogP contribution in [0, 0.1) is 0 Å². The number of carbonyl (C=O) groups is 1. The molecular formula is C22H22N4O2. The van der Waals surface area contributed by atoms with Crippen LogP contribution in [-0.4, -0.2) is 40.1 Å². The van der Waals surface area contributed by atoms with Crippen molar-refractivity contribution >= 4 is 17.4 Å². The molecule has 1 fully saturated rings. The number of para-hydroxylation sites is 2. The average Bonchev–Trinajstić information content (AvgIpc) is 2.76. The van der Waals surface area contributed by atoms with E-state index in [9.17, 15) is 4.79 Å². The SMILES string of the molecule is O=C(N1CCCC(Oc2ccncn2)C1)N(c1ccccc1)c1ccccc1. The summed E-state index contributed by atoms with van der Waals surface area (Å²) in [6.07, 6.45) is 4.82. The van der Waals surface area contributed by atoms with E-state index in [2.05, 4.69) is 9.97 Å². The minimum atomic E-state index is -0.0824. The van der Waals surface area contributed by atoms with Gasteiger partial charge in [0.15, 0.2) is 0 Å². The second kappa shape index (κ2) is 8.52. The first-order valence-corrected chi connectivity index (χ1v) is 9.43. The van der Waals surface area contributed by atoms with Gasteiger partial charge in [-0.05, 0) is 37.1 Å². The van der Waals surface area contributed by atoms with Gasteiger partial charge in [0.05, 0.1) is 17.9 Å². The lowest BCUT2D eigenvalue weighted by molar-refractivity contribution is 0.101. The van der Waals surface area contributed by atoms with E-state index in [0.29, 0.717) is 19.0 Å². The van der Waals surface area contributed by atoms with Crippen molar-refractivity contribution in [2.75, 3.05) is 18.0 Å². The predicted molar refractivity (Wildman–Crippen MR) is 108 cm³/mol. The first kappa shape index (κ1) is 18.0. The van der Waals surface area contributed by atoms with Crippen LogP contribution in [0.15, 0.2) is 79.3 Å². The zero-order chi connectivity index (χ0) is 19.2. The van der Waals surface area contributed by atoms with E-state index in [1.54, 1.807) is 17.2 Å². The van der Waals surface area contributed by atoms with Crippen molar-refractivity contribution in [3.8, 4) is 5.88 Å². The van der Waals surface area contributed by atoms with Crippen LogP contribution in [0.5, 0.6) is 5.88 Å². The van der Waals surface area contributed by atoms with Crippen LogP contribution in [0.25, 0.3) is 0 Å². The molecule has 6 nitrogen and oxygen atoms in total. The number of urea groups is 1. The molecule has 0 N–H and O–H groups in total. The highest BCUT2D eigenvalue weighted by molar-refractivity contribution is 5.99. The maximum Gasteiger partial charge on any atom is 0.329 e. The Morgan fingerprint density at radius 3 is 2.29 bits per heavy atom. The smallest absolute Gasteiger partial charge is 0.329 e. The Bertz CT molecular complexity index is 851. The molecule has 0 radical (unpaired) electrons. The number of amides is 2. The number of rotatable bonds is 4. The Balaban J connectivity index is 1.55. The molecule has 0 bridgehead atoms. The van der Waals surface area contributed by atoms with Gasteiger partial charge in [0.25, 0.3) is 0 Å². The van der Waals surface area contributed by atoms with Gasteiger partial charge < -0.3 is 9.64 Å². The Kier molecular flexibility index (Phi) is 5.47. The zero-order valence-electron chi connectivity index (χ0n) is 15.5. The van der Waals surface area contributed by atoms with Gasteiger partial charge in [-0.1, -0.05) is 36.4 Å². The minimum Gasteiger partial charge on any atom is -0.472 e. The van der Waals surface area contributed by atoms with Gasteiger partial charge in [-0.2, -0.15) is 0 Å². The number of nitrogens with zero attached hydrogens (tertiary/aromatic N) is 4. The van der Waals surface area contributed by atoms with Crippen molar-refractivity contribution in [3.05, 3.63) is 79.3 Å². The fraction of sp³-hybridized carbons (Fsp3) is 0.227.